The first-order chi connectivity index (χ1) is 14.4. The predicted molar refractivity (Wildman–Crippen MR) is 103 cm³/mol. The molecule has 1 aliphatic rings. The molecule has 0 saturated heterocycles. The maximum absolute atomic E-state index is 12.8. The highest BCUT2D eigenvalue weighted by Crippen LogP contribution is 2.47. The molecule has 3 heterocycles. The molecule has 2 aromatic carbocycles. The number of phenolic OH excluding ortho intramolecular Hbond substituents is 2. The summed E-state index contributed by atoms with van der Waals surface area (Å²) in [5.41, 5.74) is -1.89. The monoisotopic (exact) mass is 410 g/mol. The lowest BCUT2D eigenvalue weighted by Crippen LogP contribution is -2.28. The van der Waals surface area contributed by atoms with E-state index in [1.165, 1.54) is 43.5 Å². The smallest absolute Gasteiger partial charge is 0.344 e. The molecule has 9 heteroatoms. The van der Waals surface area contributed by atoms with E-state index in [-0.39, 0.29) is 44.9 Å². The number of rotatable bonds is 2. The summed E-state index contributed by atoms with van der Waals surface area (Å²) < 4.78 is 21.7. The van der Waals surface area contributed by atoms with Crippen LogP contribution in [0.1, 0.15) is 17.0 Å². The first-order valence-electron chi connectivity index (χ1n) is 8.87. The Kier molecular flexibility index (Phi) is 3.77. The second-order valence-corrected chi connectivity index (χ2v) is 6.84. The van der Waals surface area contributed by atoms with Crippen molar-refractivity contribution in [3.05, 3.63) is 68.4 Å². The Bertz CT molecular complexity index is 1450. The summed E-state index contributed by atoms with van der Waals surface area (Å²) in [5.74, 6) is -1.66. The van der Waals surface area contributed by atoms with Gasteiger partial charge in [0.2, 0.25) is 6.29 Å². The van der Waals surface area contributed by atoms with Crippen molar-refractivity contribution < 1.29 is 33.6 Å². The molecule has 0 spiro atoms. The van der Waals surface area contributed by atoms with Crippen LogP contribution in [0.15, 0.2) is 54.8 Å². The Labute approximate surface area is 166 Å². The summed E-state index contributed by atoms with van der Waals surface area (Å²) in [6.07, 6.45) is -1.12. The van der Waals surface area contributed by atoms with Crippen molar-refractivity contribution in [2.24, 2.45) is 0 Å². The van der Waals surface area contributed by atoms with Gasteiger partial charge in [0.05, 0.1) is 27.8 Å². The topological polar surface area (TPSA) is 140 Å². The van der Waals surface area contributed by atoms with Gasteiger partial charge >= 0.3 is 11.3 Å². The van der Waals surface area contributed by atoms with Gasteiger partial charge in [-0.3, -0.25) is 0 Å². The third-order valence-electron chi connectivity index (χ3n) is 5.14. The average Bonchev–Trinajstić information content (AvgIpc) is 3.07. The third kappa shape index (κ3) is 2.45. The summed E-state index contributed by atoms with van der Waals surface area (Å²) >= 11 is 0. The Morgan fingerprint density at radius 3 is 2.03 bits per heavy atom. The van der Waals surface area contributed by atoms with Gasteiger partial charge in [-0.2, -0.15) is 0 Å². The van der Waals surface area contributed by atoms with Crippen molar-refractivity contribution in [2.75, 3.05) is 7.11 Å². The van der Waals surface area contributed by atoms with Gasteiger partial charge in [0.1, 0.15) is 34.2 Å². The van der Waals surface area contributed by atoms with Gasteiger partial charge in [-0.1, -0.05) is 0 Å². The van der Waals surface area contributed by atoms with E-state index in [0.29, 0.717) is 5.39 Å². The quantitative estimate of drug-likeness (QED) is 0.425. The van der Waals surface area contributed by atoms with Crippen molar-refractivity contribution >= 4 is 21.9 Å². The average molecular weight is 410 g/mol. The second kappa shape index (κ2) is 6.26. The standard InChI is InChI=1S/C21H14O9/c1-27-21-14(15-17(24)10-4-2-8(22)6-12(10)28-19(15)25)16-18(30-21)11-5-3-9(23)7-13(11)29-20(16)26/h2-7,14,21-24H,1H3. The van der Waals surface area contributed by atoms with Crippen molar-refractivity contribution in [3.8, 4) is 23.0 Å². The fraction of sp³-hybridized carbons (Fsp3) is 0.143. The van der Waals surface area contributed by atoms with Crippen LogP contribution in [0.25, 0.3) is 21.9 Å². The minimum Gasteiger partial charge on any atom is -0.508 e. The molecular formula is C21H14O9. The zero-order valence-corrected chi connectivity index (χ0v) is 15.4. The Morgan fingerprint density at radius 2 is 1.40 bits per heavy atom. The lowest BCUT2D eigenvalue weighted by atomic mass is 9.92. The molecule has 2 aromatic heterocycles. The number of fused-ring (bicyclic) bond motifs is 4. The molecule has 4 aromatic rings. The molecule has 5 rings (SSSR count). The molecule has 3 N–H and O–H groups in total. The number of ether oxygens (including phenoxy) is 2. The molecule has 2 unspecified atom stereocenters. The number of phenols is 2. The molecular weight excluding hydrogens is 396 g/mol. The van der Waals surface area contributed by atoms with E-state index in [9.17, 15) is 24.9 Å². The zero-order chi connectivity index (χ0) is 21.2. The molecule has 0 saturated carbocycles. The van der Waals surface area contributed by atoms with E-state index in [0.717, 1.165) is 0 Å². The van der Waals surface area contributed by atoms with Crippen LogP contribution in [-0.4, -0.2) is 28.7 Å². The van der Waals surface area contributed by atoms with Crippen molar-refractivity contribution in [1.82, 2.24) is 0 Å². The summed E-state index contributed by atoms with van der Waals surface area (Å²) in [6.45, 7) is 0. The third-order valence-corrected chi connectivity index (χ3v) is 5.14. The van der Waals surface area contributed by atoms with Gasteiger partial charge < -0.3 is 33.6 Å². The van der Waals surface area contributed by atoms with Gasteiger partial charge in [0, 0.05) is 19.2 Å². The molecule has 1 aliphatic heterocycles. The molecule has 2 atom stereocenters. The fourth-order valence-electron chi connectivity index (χ4n) is 3.82. The maximum atomic E-state index is 12.8. The van der Waals surface area contributed by atoms with Gasteiger partial charge in [-0.25, -0.2) is 9.59 Å². The van der Waals surface area contributed by atoms with E-state index in [1.54, 1.807) is 0 Å². The molecule has 0 bridgehead atoms. The number of aromatic hydroxyl groups is 3. The van der Waals surface area contributed by atoms with E-state index < -0.39 is 29.2 Å². The SMILES string of the molecule is COC1Oc2c(c(=O)oc3cc(O)ccc23)C1c1c(O)c2ccc(O)cc2oc1=O. The highest BCUT2D eigenvalue weighted by atomic mass is 16.7. The Balaban J connectivity index is 1.83. The Morgan fingerprint density at radius 1 is 0.833 bits per heavy atom. The van der Waals surface area contributed by atoms with Crippen LogP contribution in [0.4, 0.5) is 0 Å². The maximum Gasteiger partial charge on any atom is 0.344 e. The molecule has 0 amide bonds. The van der Waals surface area contributed by atoms with Crippen LogP contribution in [0.5, 0.6) is 23.0 Å². The fourth-order valence-corrected chi connectivity index (χ4v) is 3.82. The normalized spacial score (nSPS) is 17.9. The number of benzene rings is 2. The van der Waals surface area contributed by atoms with Crippen LogP contribution in [0.3, 0.4) is 0 Å². The van der Waals surface area contributed by atoms with E-state index >= 15 is 0 Å². The molecule has 0 radical (unpaired) electrons. The van der Waals surface area contributed by atoms with Crippen LogP contribution in [0.2, 0.25) is 0 Å². The largest absolute Gasteiger partial charge is 0.508 e. The van der Waals surface area contributed by atoms with Crippen LogP contribution >= 0.6 is 0 Å². The van der Waals surface area contributed by atoms with Gasteiger partial charge in [0.25, 0.3) is 0 Å². The predicted octanol–water partition coefficient (Wildman–Crippen LogP) is 2.51. The minimum atomic E-state index is -1.13. The first kappa shape index (κ1) is 18.1. The van der Waals surface area contributed by atoms with Crippen LogP contribution in [0, 0.1) is 0 Å². The minimum absolute atomic E-state index is 0.0132. The van der Waals surface area contributed by atoms with Gasteiger partial charge in [-0.05, 0) is 24.3 Å². The summed E-state index contributed by atoms with van der Waals surface area (Å²) in [5, 5.41) is 30.7. The summed E-state index contributed by atoms with van der Waals surface area (Å²) in [7, 11) is 1.33. The number of hydrogen-bond donors (Lipinski definition) is 3. The van der Waals surface area contributed by atoms with Crippen molar-refractivity contribution in [1.29, 1.82) is 0 Å². The van der Waals surface area contributed by atoms with Gasteiger partial charge in [0.15, 0.2) is 0 Å². The number of methoxy groups -OCH3 is 1. The van der Waals surface area contributed by atoms with Crippen LogP contribution in [-0.2, 0) is 4.74 Å². The summed E-state index contributed by atoms with van der Waals surface area (Å²) in [4.78, 5) is 25.5. The van der Waals surface area contributed by atoms with Crippen molar-refractivity contribution in [3.63, 3.8) is 0 Å². The zero-order valence-electron chi connectivity index (χ0n) is 15.4. The number of hydrogen-bond acceptors (Lipinski definition) is 9. The Hall–Kier alpha value is -3.98. The molecule has 0 fully saturated rings. The van der Waals surface area contributed by atoms with E-state index in [2.05, 4.69) is 0 Å². The molecule has 152 valence electrons. The van der Waals surface area contributed by atoms with E-state index in [1.807, 2.05) is 0 Å². The van der Waals surface area contributed by atoms with Gasteiger partial charge in [-0.15, -0.1) is 0 Å². The van der Waals surface area contributed by atoms with Crippen LogP contribution < -0.4 is 16.0 Å². The highest BCUT2D eigenvalue weighted by molar-refractivity contribution is 5.88. The van der Waals surface area contributed by atoms with Crippen molar-refractivity contribution in [2.45, 2.75) is 12.2 Å². The summed E-state index contributed by atoms with van der Waals surface area (Å²) in [6, 6.07) is 8.08. The molecule has 9 nitrogen and oxygen atoms in total. The second-order valence-electron chi connectivity index (χ2n) is 6.84. The lowest BCUT2D eigenvalue weighted by Gasteiger charge is -2.17. The molecule has 0 aliphatic carbocycles. The van der Waals surface area contributed by atoms with E-state index in [4.69, 9.17) is 18.3 Å². The first-order valence-corrected chi connectivity index (χ1v) is 8.87. The highest BCUT2D eigenvalue weighted by Gasteiger charge is 2.44. The molecule has 30 heavy (non-hydrogen) atoms. The lowest BCUT2D eigenvalue weighted by molar-refractivity contribution is -0.0472.